The van der Waals surface area contributed by atoms with Crippen LogP contribution >= 0.6 is 12.2 Å². The Morgan fingerprint density at radius 3 is 1.67 bits per heavy atom. The molecule has 0 aromatic heterocycles. The third kappa shape index (κ3) is 1.65. The first-order valence-electron chi connectivity index (χ1n) is 5.05. The molecule has 5 heteroatoms. The highest BCUT2D eigenvalue weighted by Crippen LogP contribution is 2.28. The fraction of sp³-hybridized carbons (Fsp3) is 0.700. The van der Waals surface area contributed by atoms with E-state index in [0.29, 0.717) is 18.2 Å². The van der Waals surface area contributed by atoms with E-state index in [1.165, 1.54) is 9.80 Å². The largest absolute Gasteiger partial charge is 0.288 e. The summed E-state index contributed by atoms with van der Waals surface area (Å²) in [6.07, 6.45) is 0. The van der Waals surface area contributed by atoms with Crippen molar-refractivity contribution in [3.63, 3.8) is 0 Å². The van der Waals surface area contributed by atoms with Gasteiger partial charge in [-0.05, 0) is 39.9 Å². The Kier molecular flexibility index (Phi) is 3.13. The number of hydrogen-bond acceptors (Lipinski definition) is 3. The van der Waals surface area contributed by atoms with E-state index in [9.17, 15) is 9.59 Å². The van der Waals surface area contributed by atoms with E-state index in [4.69, 9.17) is 12.2 Å². The number of carbonyl (C=O) groups is 2. The molecule has 0 atom stereocenters. The molecule has 1 heterocycles. The van der Waals surface area contributed by atoms with E-state index in [0.717, 1.165) is 0 Å². The molecular weight excluding hydrogens is 212 g/mol. The predicted octanol–water partition coefficient (Wildman–Crippen LogP) is 1.01. The van der Waals surface area contributed by atoms with Crippen LogP contribution in [0, 0.1) is 5.41 Å². The van der Waals surface area contributed by atoms with Gasteiger partial charge in [-0.15, -0.1) is 0 Å². The van der Waals surface area contributed by atoms with Gasteiger partial charge in [0.05, 0.1) is 0 Å². The average molecular weight is 228 g/mol. The van der Waals surface area contributed by atoms with Crippen molar-refractivity contribution in [2.45, 2.75) is 27.7 Å². The molecule has 1 aliphatic heterocycles. The molecule has 0 aliphatic carbocycles. The molecule has 84 valence electrons. The summed E-state index contributed by atoms with van der Waals surface area (Å²) in [4.78, 5) is 26.9. The van der Waals surface area contributed by atoms with E-state index >= 15 is 0 Å². The molecule has 0 spiro atoms. The molecule has 4 nitrogen and oxygen atoms in total. The molecule has 1 fully saturated rings. The minimum Gasteiger partial charge on any atom is -0.288 e. The molecule has 0 saturated carbocycles. The molecule has 0 radical (unpaired) electrons. The maximum absolute atomic E-state index is 12.0. The second-order valence-corrected chi connectivity index (χ2v) is 4.37. The quantitative estimate of drug-likeness (QED) is 0.523. The monoisotopic (exact) mass is 228 g/mol. The molecule has 0 aromatic carbocycles. The zero-order chi connectivity index (χ0) is 11.8. The van der Waals surface area contributed by atoms with E-state index < -0.39 is 5.41 Å². The van der Waals surface area contributed by atoms with Crippen molar-refractivity contribution in [3.05, 3.63) is 0 Å². The molecule has 2 amide bonds. The fourth-order valence-corrected chi connectivity index (χ4v) is 2.07. The van der Waals surface area contributed by atoms with Crippen molar-refractivity contribution in [1.82, 2.24) is 9.80 Å². The van der Waals surface area contributed by atoms with Crippen LogP contribution in [0.5, 0.6) is 0 Å². The van der Waals surface area contributed by atoms with Gasteiger partial charge < -0.3 is 0 Å². The van der Waals surface area contributed by atoms with Gasteiger partial charge in [0.25, 0.3) is 0 Å². The summed E-state index contributed by atoms with van der Waals surface area (Å²) in [5.74, 6) is -0.408. The van der Waals surface area contributed by atoms with E-state index in [-0.39, 0.29) is 11.8 Å². The summed E-state index contributed by atoms with van der Waals surface area (Å²) in [6.45, 7) is 8.00. The molecule has 1 aliphatic rings. The maximum atomic E-state index is 12.0. The van der Waals surface area contributed by atoms with Crippen LogP contribution in [0.25, 0.3) is 0 Å². The summed E-state index contributed by atoms with van der Waals surface area (Å²) in [5, 5.41) is 0.328. The fourth-order valence-electron chi connectivity index (χ4n) is 1.64. The predicted molar refractivity (Wildman–Crippen MR) is 61.2 cm³/mol. The molecular formula is C10H16N2O2S. The first-order chi connectivity index (χ1) is 6.87. The molecule has 0 aromatic rings. The summed E-state index contributed by atoms with van der Waals surface area (Å²) in [5.41, 5.74) is -0.992. The molecule has 1 saturated heterocycles. The van der Waals surface area contributed by atoms with Gasteiger partial charge in [-0.3, -0.25) is 19.4 Å². The Labute approximate surface area is 95.2 Å². The van der Waals surface area contributed by atoms with Crippen molar-refractivity contribution in [1.29, 1.82) is 0 Å². The van der Waals surface area contributed by atoms with E-state index in [1.54, 1.807) is 13.8 Å². The molecule has 0 unspecified atom stereocenters. The zero-order valence-electron chi connectivity index (χ0n) is 9.53. The van der Waals surface area contributed by atoms with Gasteiger partial charge in [0.15, 0.2) is 5.11 Å². The number of hydrogen-bond donors (Lipinski definition) is 0. The second-order valence-electron chi connectivity index (χ2n) is 4.01. The molecule has 0 bridgehead atoms. The van der Waals surface area contributed by atoms with Gasteiger partial charge in [0.1, 0.15) is 5.41 Å². The van der Waals surface area contributed by atoms with Crippen LogP contribution < -0.4 is 0 Å². The Bertz CT molecular complexity index is 297. The Morgan fingerprint density at radius 2 is 1.40 bits per heavy atom. The summed E-state index contributed by atoms with van der Waals surface area (Å²) < 4.78 is 0. The SMILES string of the molecule is CCN1C(=O)C(C)(C)C(=O)N(CC)C1=S. The normalized spacial score (nSPS) is 21.2. The van der Waals surface area contributed by atoms with Crippen molar-refractivity contribution in [3.8, 4) is 0 Å². The van der Waals surface area contributed by atoms with Crippen molar-refractivity contribution in [2.75, 3.05) is 13.1 Å². The van der Waals surface area contributed by atoms with Crippen LogP contribution in [-0.4, -0.2) is 39.8 Å². The standard InChI is InChI=1S/C10H16N2O2S/c1-5-11-7(13)10(3,4)8(14)12(6-2)9(11)15/h5-6H2,1-4H3. The van der Waals surface area contributed by atoms with Gasteiger partial charge in [0.2, 0.25) is 11.8 Å². The number of carbonyl (C=O) groups excluding carboxylic acids is 2. The Balaban J connectivity index is 3.16. The van der Waals surface area contributed by atoms with Crippen molar-refractivity contribution < 1.29 is 9.59 Å². The van der Waals surface area contributed by atoms with E-state index in [1.807, 2.05) is 13.8 Å². The topological polar surface area (TPSA) is 40.6 Å². The first-order valence-corrected chi connectivity index (χ1v) is 5.46. The summed E-state index contributed by atoms with van der Waals surface area (Å²) in [7, 11) is 0. The maximum Gasteiger partial charge on any atom is 0.243 e. The summed E-state index contributed by atoms with van der Waals surface area (Å²) in [6, 6.07) is 0. The van der Waals surface area contributed by atoms with Crippen molar-refractivity contribution in [2.24, 2.45) is 5.41 Å². The first kappa shape index (κ1) is 12.1. The van der Waals surface area contributed by atoms with Gasteiger partial charge in [-0.2, -0.15) is 0 Å². The zero-order valence-corrected chi connectivity index (χ0v) is 10.3. The van der Waals surface area contributed by atoms with E-state index in [2.05, 4.69) is 0 Å². The molecule has 1 rings (SSSR count). The number of thiocarbonyl (C=S) groups is 1. The van der Waals surface area contributed by atoms with Crippen LogP contribution in [0.1, 0.15) is 27.7 Å². The van der Waals surface area contributed by atoms with Gasteiger partial charge >= 0.3 is 0 Å². The highest BCUT2D eigenvalue weighted by Gasteiger charge is 2.48. The lowest BCUT2D eigenvalue weighted by molar-refractivity contribution is -0.153. The second kappa shape index (κ2) is 3.89. The van der Waals surface area contributed by atoms with Gasteiger partial charge in [0, 0.05) is 13.1 Å². The Morgan fingerprint density at radius 1 is 1.07 bits per heavy atom. The molecule has 15 heavy (non-hydrogen) atoms. The minimum absolute atomic E-state index is 0.204. The number of rotatable bonds is 2. The number of amides is 2. The molecule has 0 N–H and O–H groups in total. The lowest BCUT2D eigenvalue weighted by atomic mass is 9.88. The van der Waals surface area contributed by atoms with Gasteiger partial charge in [-0.1, -0.05) is 0 Å². The van der Waals surface area contributed by atoms with Crippen LogP contribution in [-0.2, 0) is 9.59 Å². The number of nitrogens with zero attached hydrogens (tertiary/aromatic N) is 2. The van der Waals surface area contributed by atoms with Crippen LogP contribution in [0.4, 0.5) is 0 Å². The summed E-state index contributed by atoms with van der Waals surface area (Å²) >= 11 is 5.11. The lowest BCUT2D eigenvalue weighted by Gasteiger charge is -2.42. The average Bonchev–Trinajstić information content (AvgIpc) is 2.18. The van der Waals surface area contributed by atoms with Gasteiger partial charge in [-0.25, -0.2) is 0 Å². The highest BCUT2D eigenvalue weighted by atomic mass is 32.1. The third-order valence-corrected chi connectivity index (χ3v) is 3.09. The lowest BCUT2D eigenvalue weighted by Crippen LogP contribution is -2.63. The van der Waals surface area contributed by atoms with Crippen LogP contribution in [0.2, 0.25) is 0 Å². The highest BCUT2D eigenvalue weighted by molar-refractivity contribution is 7.80. The smallest absolute Gasteiger partial charge is 0.243 e. The minimum atomic E-state index is -0.992. The third-order valence-electron chi connectivity index (χ3n) is 2.65. The van der Waals surface area contributed by atoms with Crippen LogP contribution in [0.15, 0.2) is 0 Å². The Hall–Kier alpha value is -0.970. The van der Waals surface area contributed by atoms with Crippen LogP contribution in [0.3, 0.4) is 0 Å². The van der Waals surface area contributed by atoms with Crippen molar-refractivity contribution >= 4 is 29.1 Å².